The fraction of sp³-hybridized carbons (Fsp3) is 0.308. The maximum atomic E-state index is 6.52. The molecule has 3 aromatic rings. The summed E-state index contributed by atoms with van der Waals surface area (Å²) in [4.78, 5) is 0. The Labute approximate surface area is 175 Å². The van der Waals surface area contributed by atoms with Crippen molar-refractivity contribution in [1.82, 2.24) is 0 Å². The van der Waals surface area contributed by atoms with Crippen molar-refractivity contribution in [2.75, 3.05) is 0 Å². The molecule has 150 valence electrons. The van der Waals surface area contributed by atoms with Gasteiger partial charge in [-0.1, -0.05) is 113 Å². The minimum absolute atomic E-state index is 0.0974. The van der Waals surface area contributed by atoms with Gasteiger partial charge in [-0.2, -0.15) is 0 Å². The summed E-state index contributed by atoms with van der Waals surface area (Å²) in [5.74, 6) is 0. The second-order valence-electron chi connectivity index (χ2n) is 7.75. The van der Waals surface area contributed by atoms with E-state index in [-0.39, 0.29) is 20.1 Å². The molecule has 0 aromatic heterocycles. The van der Waals surface area contributed by atoms with E-state index in [0.29, 0.717) is 24.5 Å². The van der Waals surface area contributed by atoms with Crippen LogP contribution in [0.5, 0.6) is 0 Å². The average molecular weight is 404 g/mol. The lowest BCUT2D eigenvalue weighted by Crippen LogP contribution is -2.36. The van der Waals surface area contributed by atoms with Crippen LogP contribution in [0.4, 0.5) is 0 Å². The predicted octanol–water partition coefficient (Wildman–Crippen LogP) is 5.76. The largest absolute Gasteiger partial charge is 0.370 e. The molecular formula is C26H29O2P. The Morgan fingerprint density at radius 3 is 1.38 bits per heavy atom. The molecule has 1 heterocycles. The van der Waals surface area contributed by atoms with Gasteiger partial charge in [-0.15, -0.1) is 0 Å². The van der Waals surface area contributed by atoms with Crippen LogP contribution in [-0.4, -0.2) is 23.5 Å². The third-order valence-corrected chi connectivity index (χ3v) is 9.01. The molecule has 0 amide bonds. The topological polar surface area (TPSA) is 18.5 Å². The van der Waals surface area contributed by atoms with Gasteiger partial charge in [-0.05, 0) is 16.4 Å². The lowest BCUT2D eigenvalue weighted by molar-refractivity contribution is -0.0758. The van der Waals surface area contributed by atoms with E-state index in [1.165, 1.54) is 16.4 Å². The van der Waals surface area contributed by atoms with Crippen LogP contribution in [0.2, 0.25) is 0 Å². The molecule has 0 radical (unpaired) electrons. The summed E-state index contributed by atoms with van der Waals surface area (Å²) < 4.78 is 13.0. The first kappa shape index (κ1) is 20.3. The summed E-state index contributed by atoms with van der Waals surface area (Å²) >= 11 is 0. The minimum atomic E-state index is -0.352. The van der Waals surface area contributed by atoms with E-state index >= 15 is 0 Å². The molecule has 0 N–H and O–H groups in total. The maximum absolute atomic E-state index is 6.52. The van der Waals surface area contributed by atoms with Gasteiger partial charge in [0.2, 0.25) is 0 Å². The highest BCUT2D eigenvalue weighted by Gasteiger charge is 2.48. The molecule has 0 saturated carbocycles. The predicted molar refractivity (Wildman–Crippen MR) is 122 cm³/mol. The molecule has 3 aromatic carbocycles. The standard InChI is InChI=1S/C26H29O2P/c1-20-25(27-18-22-12-6-3-7-13-22)26(28-19-23-14-8-4-9-15-23)21(2)29(20)24-16-10-5-11-17-24/h3-17,20-21,25-26H,18-19H2,1-2H3/t20-,21-,25+,26?,29?/m0/s1. The van der Waals surface area contributed by atoms with Crippen LogP contribution in [0.25, 0.3) is 0 Å². The van der Waals surface area contributed by atoms with E-state index in [9.17, 15) is 0 Å². The van der Waals surface area contributed by atoms with Crippen LogP contribution in [0, 0.1) is 0 Å². The van der Waals surface area contributed by atoms with Gasteiger partial charge in [-0.3, -0.25) is 0 Å². The molecule has 0 aliphatic carbocycles. The first-order valence-corrected chi connectivity index (χ1v) is 11.9. The average Bonchev–Trinajstić information content (AvgIpc) is 3.01. The third-order valence-electron chi connectivity index (χ3n) is 5.78. The summed E-state index contributed by atoms with van der Waals surface area (Å²) in [6.07, 6.45) is 0.195. The number of hydrogen-bond acceptors (Lipinski definition) is 2. The Morgan fingerprint density at radius 2 is 0.966 bits per heavy atom. The highest BCUT2D eigenvalue weighted by atomic mass is 31.1. The van der Waals surface area contributed by atoms with E-state index in [1.807, 2.05) is 12.1 Å². The molecule has 29 heavy (non-hydrogen) atoms. The highest BCUT2D eigenvalue weighted by Crippen LogP contribution is 2.56. The maximum Gasteiger partial charge on any atom is 0.0915 e. The van der Waals surface area contributed by atoms with Crippen LogP contribution < -0.4 is 5.30 Å². The second kappa shape index (κ2) is 9.67. The van der Waals surface area contributed by atoms with Crippen molar-refractivity contribution in [3.63, 3.8) is 0 Å². The van der Waals surface area contributed by atoms with Crippen molar-refractivity contribution in [3.8, 4) is 0 Å². The minimum Gasteiger partial charge on any atom is -0.370 e. The zero-order valence-electron chi connectivity index (χ0n) is 17.1. The zero-order chi connectivity index (χ0) is 20.1. The van der Waals surface area contributed by atoms with Gasteiger partial charge in [0.25, 0.3) is 0 Å². The second-order valence-corrected chi connectivity index (χ2v) is 10.7. The number of hydrogen-bond donors (Lipinski definition) is 0. The molecule has 2 nitrogen and oxygen atoms in total. The normalized spacial score (nSPS) is 26.5. The molecule has 1 fully saturated rings. The quantitative estimate of drug-likeness (QED) is 0.467. The highest BCUT2D eigenvalue weighted by molar-refractivity contribution is 7.67. The Bertz CT molecular complexity index is 813. The molecule has 4 rings (SSSR count). The Balaban J connectivity index is 1.53. The Hall–Kier alpha value is -1.99. The molecule has 1 aliphatic rings. The number of rotatable bonds is 7. The molecule has 3 heteroatoms. The summed E-state index contributed by atoms with van der Waals surface area (Å²) in [6, 6.07) is 31.8. The van der Waals surface area contributed by atoms with Crippen LogP contribution >= 0.6 is 7.92 Å². The van der Waals surface area contributed by atoms with E-state index in [4.69, 9.17) is 9.47 Å². The van der Waals surface area contributed by atoms with Crippen LogP contribution in [0.3, 0.4) is 0 Å². The SMILES string of the molecule is C[C@H]1C(OCc2ccccc2)[C@H](OCc2ccccc2)[C@H](C)P1c1ccccc1. The van der Waals surface area contributed by atoms with Crippen LogP contribution in [-0.2, 0) is 22.7 Å². The van der Waals surface area contributed by atoms with Gasteiger partial charge >= 0.3 is 0 Å². The van der Waals surface area contributed by atoms with Crippen molar-refractivity contribution >= 4 is 13.2 Å². The zero-order valence-corrected chi connectivity index (χ0v) is 18.0. The van der Waals surface area contributed by atoms with Crippen molar-refractivity contribution in [3.05, 3.63) is 102 Å². The third kappa shape index (κ3) is 4.78. The van der Waals surface area contributed by atoms with Crippen molar-refractivity contribution in [1.29, 1.82) is 0 Å². The fourth-order valence-electron chi connectivity index (χ4n) is 4.31. The van der Waals surface area contributed by atoms with Gasteiger partial charge in [0.1, 0.15) is 0 Å². The van der Waals surface area contributed by atoms with Gasteiger partial charge in [0, 0.05) is 11.3 Å². The molecule has 1 aliphatic heterocycles. The monoisotopic (exact) mass is 404 g/mol. The van der Waals surface area contributed by atoms with E-state index in [0.717, 1.165) is 0 Å². The van der Waals surface area contributed by atoms with Crippen molar-refractivity contribution in [2.45, 2.75) is 50.6 Å². The number of ether oxygens (including phenoxy) is 2. The summed E-state index contributed by atoms with van der Waals surface area (Å²) in [5, 5.41) is 1.45. The summed E-state index contributed by atoms with van der Waals surface area (Å²) in [5.41, 5.74) is 3.33. The molecule has 2 unspecified atom stereocenters. The van der Waals surface area contributed by atoms with Crippen molar-refractivity contribution < 1.29 is 9.47 Å². The molecule has 0 spiro atoms. The van der Waals surface area contributed by atoms with Crippen LogP contribution in [0.15, 0.2) is 91.0 Å². The fourth-order valence-corrected chi connectivity index (χ4v) is 7.65. The lowest BCUT2D eigenvalue weighted by atomic mass is 10.1. The van der Waals surface area contributed by atoms with Crippen LogP contribution in [0.1, 0.15) is 25.0 Å². The molecular weight excluding hydrogens is 375 g/mol. The molecule has 1 saturated heterocycles. The van der Waals surface area contributed by atoms with Gasteiger partial charge in [0.05, 0.1) is 25.4 Å². The Kier molecular flexibility index (Phi) is 6.77. The first-order chi connectivity index (χ1) is 14.2. The van der Waals surface area contributed by atoms with E-state index < -0.39 is 0 Å². The lowest BCUT2D eigenvalue weighted by Gasteiger charge is -2.25. The van der Waals surface area contributed by atoms with E-state index in [1.54, 1.807) is 0 Å². The van der Waals surface area contributed by atoms with Gasteiger partial charge in [0.15, 0.2) is 0 Å². The summed E-state index contributed by atoms with van der Waals surface area (Å²) in [6.45, 7) is 5.95. The molecule has 5 atom stereocenters. The van der Waals surface area contributed by atoms with Gasteiger partial charge in [-0.25, -0.2) is 0 Å². The van der Waals surface area contributed by atoms with Crippen molar-refractivity contribution in [2.24, 2.45) is 0 Å². The number of benzene rings is 3. The molecule has 0 bridgehead atoms. The Morgan fingerprint density at radius 1 is 0.586 bits per heavy atom. The van der Waals surface area contributed by atoms with Gasteiger partial charge < -0.3 is 9.47 Å². The smallest absolute Gasteiger partial charge is 0.0915 e. The summed E-state index contributed by atoms with van der Waals surface area (Å²) in [7, 11) is -0.352. The van der Waals surface area contributed by atoms with E-state index in [2.05, 4.69) is 92.7 Å². The first-order valence-electron chi connectivity index (χ1n) is 10.4.